The van der Waals surface area contributed by atoms with Crippen molar-refractivity contribution in [1.29, 1.82) is 0 Å². The molecule has 27 heavy (non-hydrogen) atoms. The van der Waals surface area contributed by atoms with Crippen LogP contribution in [-0.4, -0.2) is 36.6 Å². The van der Waals surface area contributed by atoms with Crippen LogP contribution in [0.5, 0.6) is 0 Å². The molecule has 0 aromatic heterocycles. The highest BCUT2D eigenvalue weighted by molar-refractivity contribution is 6.34. The van der Waals surface area contributed by atoms with Gasteiger partial charge in [0.1, 0.15) is 6.61 Å². The molecule has 0 saturated heterocycles. The van der Waals surface area contributed by atoms with Crippen molar-refractivity contribution in [2.75, 3.05) is 25.1 Å². The summed E-state index contributed by atoms with van der Waals surface area (Å²) in [6, 6.07) is 9.69. The fourth-order valence-corrected chi connectivity index (χ4v) is 2.35. The lowest BCUT2D eigenvalue weighted by molar-refractivity contribution is -0.384. The second kappa shape index (κ2) is 9.65. The number of hydrogen-bond acceptors (Lipinski definition) is 6. The topological polar surface area (TPSA) is 108 Å². The number of nitrogens with one attached hydrogen (secondary N) is 1. The van der Waals surface area contributed by atoms with Gasteiger partial charge in [-0.05, 0) is 31.2 Å². The molecule has 0 fully saturated rings. The summed E-state index contributed by atoms with van der Waals surface area (Å²) in [4.78, 5) is 34.6. The number of carbonyl (C=O) groups is 2. The third kappa shape index (κ3) is 5.77. The number of esters is 1. The van der Waals surface area contributed by atoms with Crippen LogP contribution in [0.4, 0.5) is 11.4 Å². The van der Waals surface area contributed by atoms with E-state index in [4.69, 9.17) is 21.1 Å². The Hall–Kier alpha value is -2.97. The van der Waals surface area contributed by atoms with Crippen LogP contribution in [0.1, 0.15) is 27.6 Å². The predicted molar refractivity (Wildman–Crippen MR) is 99.3 cm³/mol. The molecule has 1 N–H and O–H groups in total. The van der Waals surface area contributed by atoms with Gasteiger partial charge in [0.15, 0.2) is 0 Å². The summed E-state index contributed by atoms with van der Waals surface area (Å²) in [5.74, 6) is -1.19. The molecule has 0 spiro atoms. The number of hydrogen-bond donors (Lipinski definition) is 1. The van der Waals surface area contributed by atoms with Crippen molar-refractivity contribution in [2.24, 2.45) is 0 Å². The van der Waals surface area contributed by atoms with Crippen molar-refractivity contribution in [3.8, 4) is 0 Å². The second-order valence-corrected chi connectivity index (χ2v) is 5.70. The molecule has 0 aliphatic rings. The number of anilines is 1. The Labute approximate surface area is 160 Å². The van der Waals surface area contributed by atoms with Crippen LogP contribution in [0.2, 0.25) is 5.02 Å². The molecule has 1 amide bonds. The van der Waals surface area contributed by atoms with Gasteiger partial charge in [-0.2, -0.15) is 0 Å². The van der Waals surface area contributed by atoms with E-state index >= 15 is 0 Å². The quantitative estimate of drug-likeness (QED) is 0.317. The number of amides is 1. The van der Waals surface area contributed by atoms with Crippen LogP contribution in [0.3, 0.4) is 0 Å². The first-order chi connectivity index (χ1) is 12.9. The first-order valence-corrected chi connectivity index (χ1v) is 8.40. The molecule has 2 rings (SSSR count). The molecule has 2 aromatic carbocycles. The van der Waals surface area contributed by atoms with Gasteiger partial charge in [0.05, 0.1) is 27.7 Å². The number of carbonyl (C=O) groups excluding carboxylic acids is 2. The monoisotopic (exact) mass is 392 g/mol. The summed E-state index contributed by atoms with van der Waals surface area (Å²) in [6.07, 6.45) is 0. The summed E-state index contributed by atoms with van der Waals surface area (Å²) >= 11 is 5.96. The zero-order valence-corrected chi connectivity index (χ0v) is 15.2. The molecule has 9 heteroatoms. The van der Waals surface area contributed by atoms with Gasteiger partial charge in [-0.1, -0.05) is 17.7 Å². The zero-order chi connectivity index (χ0) is 19.8. The Morgan fingerprint density at radius 2 is 1.96 bits per heavy atom. The molecule has 0 saturated carbocycles. The Balaban J connectivity index is 2.09. The summed E-state index contributed by atoms with van der Waals surface area (Å²) < 4.78 is 10.2. The molecule has 0 aliphatic carbocycles. The van der Waals surface area contributed by atoms with Gasteiger partial charge in [0, 0.05) is 24.4 Å². The van der Waals surface area contributed by atoms with Gasteiger partial charge in [-0.3, -0.25) is 14.9 Å². The highest BCUT2D eigenvalue weighted by atomic mass is 35.5. The van der Waals surface area contributed by atoms with E-state index in [1.54, 1.807) is 18.2 Å². The molecule has 0 heterocycles. The molecule has 2 aromatic rings. The van der Waals surface area contributed by atoms with Crippen LogP contribution >= 0.6 is 11.6 Å². The summed E-state index contributed by atoms with van der Waals surface area (Å²) in [6.45, 7) is 2.78. The standard InChI is InChI=1S/C18H17ClN2O6/c1-2-26-8-9-27-18(23)12-4-3-5-13(10-12)20-17(22)15-11-14(21(24)25)6-7-16(15)19/h3-7,10-11H,2,8-9H2,1H3,(H,20,22). The average molecular weight is 393 g/mol. The summed E-state index contributed by atoms with van der Waals surface area (Å²) in [5.41, 5.74) is 0.267. The number of rotatable bonds is 8. The Bertz CT molecular complexity index is 855. The van der Waals surface area contributed by atoms with E-state index in [1.165, 1.54) is 18.2 Å². The fourth-order valence-electron chi connectivity index (χ4n) is 2.14. The van der Waals surface area contributed by atoms with E-state index in [-0.39, 0.29) is 28.4 Å². The largest absolute Gasteiger partial charge is 0.460 e. The van der Waals surface area contributed by atoms with Gasteiger partial charge >= 0.3 is 5.97 Å². The number of halogens is 1. The highest BCUT2D eigenvalue weighted by Gasteiger charge is 2.16. The molecule has 0 unspecified atom stereocenters. The minimum Gasteiger partial charge on any atom is -0.460 e. The third-order valence-corrected chi connectivity index (χ3v) is 3.76. The summed E-state index contributed by atoms with van der Waals surface area (Å²) in [7, 11) is 0. The lowest BCUT2D eigenvalue weighted by Gasteiger charge is -2.09. The lowest BCUT2D eigenvalue weighted by atomic mass is 10.1. The first-order valence-electron chi connectivity index (χ1n) is 8.02. The van der Waals surface area contributed by atoms with Crippen LogP contribution in [0.15, 0.2) is 42.5 Å². The minimum atomic E-state index is -0.634. The highest BCUT2D eigenvalue weighted by Crippen LogP contribution is 2.23. The normalized spacial score (nSPS) is 10.3. The number of nitro groups is 1. The molecule has 0 bridgehead atoms. The predicted octanol–water partition coefficient (Wildman–Crippen LogP) is 3.69. The van der Waals surface area contributed by atoms with Gasteiger partial charge in [-0.15, -0.1) is 0 Å². The maximum atomic E-state index is 12.4. The van der Waals surface area contributed by atoms with Crippen molar-refractivity contribution in [3.63, 3.8) is 0 Å². The van der Waals surface area contributed by atoms with Crippen molar-refractivity contribution in [2.45, 2.75) is 6.92 Å². The third-order valence-electron chi connectivity index (χ3n) is 3.43. The maximum absolute atomic E-state index is 12.4. The van der Waals surface area contributed by atoms with Gasteiger partial charge < -0.3 is 14.8 Å². The van der Waals surface area contributed by atoms with Crippen molar-refractivity contribution < 1.29 is 24.0 Å². The smallest absolute Gasteiger partial charge is 0.338 e. The number of benzene rings is 2. The van der Waals surface area contributed by atoms with Gasteiger partial charge in [0.25, 0.3) is 11.6 Å². The van der Waals surface area contributed by atoms with Crippen LogP contribution in [-0.2, 0) is 9.47 Å². The molecule has 8 nitrogen and oxygen atoms in total. The van der Waals surface area contributed by atoms with E-state index in [1.807, 2.05) is 6.92 Å². The van der Waals surface area contributed by atoms with Crippen molar-refractivity contribution >= 4 is 34.9 Å². The van der Waals surface area contributed by atoms with Crippen molar-refractivity contribution in [1.82, 2.24) is 0 Å². The molecular formula is C18H17ClN2O6. The molecule has 0 atom stereocenters. The average Bonchev–Trinajstić information content (AvgIpc) is 2.65. The number of nitro benzene ring substituents is 1. The first kappa shape index (κ1) is 20.3. The van der Waals surface area contributed by atoms with Crippen LogP contribution < -0.4 is 5.32 Å². The van der Waals surface area contributed by atoms with E-state index < -0.39 is 16.8 Å². The Morgan fingerprint density at radius 3 is 2.67 bits per heavy atom. The fraction of sp³-hybridized carbons (Fsp3) is 0.222. The molecule has 0 aliphatic heterocycles. The lowest BCUT2D eigenvalue weighted by Crippen LogP contribution is -2.14. The van der Waals surface area contributed by atoms with Crippen LogP contribution in [0.25, 0.3) is 0 Å². The zero-order valence-electron chi connectivity index (χ0n) is 14.4. The molecule has 0 radical (unpaired) electrons. The molecular weight excluding hydrogens is 376 g/mol. The van der Waals surface area contributed by atoms with Gasteiger partial charge in [-0.25, -0.2) is 4.79 Å². The second-order valence-electron chi connectivity index (χ2n) is 5.29. The summed E-state index contributed by atoms with van der Waals surface area (Å²) in [5, 5.41) is 13.5. The van der Waals surface area contributed by atoms with Crippen LogP contribution in [0, 0.1) is 10.1 Å². The van der Waals surface area contributed by atoms with Gasteiger partial charge in [0.2, 0.25) is 0 Å². The van der Waals surface area contributed by atoms with Crippen molar-refractivity contribution in [3.05, 3.63) is 68.7 Å². The minimum absolute atomic E-state index is 0.0458. The Kier molecular flexibility index (Phi) is 7.27. The maximum Gasteiger partial charge on any atom is 0.338 e. The SMILES string of the molecule is CCOCCOC(=O)c1cccc(NC(=O)c2cc([N+](=O)[O-])ccc2Cl)c1. The Morgan fingerprint density at radius 1 is 1.19 bits per heavy atom. The van der Waals surface area contributed by atoms with E-state index in [0.29, 0.717) is 18.9 Å². The van der Waals surface area contributed by atoms with E-state index in [9.17, 15) is 19.7 Å². The molecule has 142 valence electrons. The van der Waals surface area contributed by atoms with E-state index in [2.05, 4.69) is 5.32 Å². The van der Waals surface area contributed by atoms with E-state index in [0.717, 1.165) is 6.07 Å². The number of ether oxygens (including phenoxy) is 2. The number of nitrogens with zero attached hydrogens (tertiary/aromatic N) is 1. The number of non-ortho nitro benzene ring substituents is 1.